The lowest BCUT2D eigenvalue weighted by Gasteiger charge is -2.14. The van der Waals surface area contributed by atoms with E-state index in [9.17, 15) is 14.7 Å². The lowest BCUT2D eigenvalue weighted by atomic mass is 10.1. The average Bonchev–Trinajstić information content (AvgIpc) is 3.02. The normalized spacial score (nSPS) is 12.0. The Bertz CT molecular complexity index is 842. The minimum Gasteiger partial charge on any atom is -0.480 e. The lowest BCUT2D eigenvalue weighted by molar-refractivity contribution is -0.139. The van der Waals surface area contributed by atoms with Crippen molar-refractivity contribution in [1.29, 1.82) is 0 Å². The van der Waals surface area contributed by atoms with Gasteiger partial charge in [-0.15, -0.1) is 0 Å². The Morgan fingerprint density at radius 2 is 1.96 bits per heavy atom. The number of nitrogens with one attached hydrogen (secondary N) is 1. The first-order valence-corrected chi connectivity index (χ1v) is 7.14. The topological polar surface area (TPSA) is 83.7 Å². The molecular formula is C17H15N3O3. The Morgan fingerprint density at radius 1 is 1.17 bits per heavy atom. The highest BCUT2D eigenvalue weighted by molar-refractivity contribution is 5.96. The SMILES string of the molecule is O=C(N[C@H](Cc1ccccc1)C(=O)O)c1ccc2nccn2c1. The summed E-state index contributed by atoms with van der Waals surface area (Å²) in [6.45, 7) is 0. The molecule has 0 aliphatic rings. The molecule has 3 rings (SSSR count). The number of hydrogen-bond donors (Lipinski definition) is 2. The van der Waals surface area contributed by atoms with Gasteiger partial charge in [-0.2, -0.15) is 0 Å². The van der Waals surface area contributed by atoms with Crippen LogP contribution in [-0.4, -0.2) is 32.4 Å². The smallest absolute Gasteiger partial charge is 0.326 e. The predicted molar refractivity (Wildman–Crippen MR) is 84.2 cm³/mol. The van der Waals surface area contributed by atoms with Gasteiger partial charge in [0.1, 0.15) is 11.7 Å². The molecule has 2 N–H and O–H groups in total. The van der Waals surface area contributed by atoms with Gasteiger partial charge in [-0.25, -0.2) is 9.78 Å². The maximum Gasteiger partial charge on any atom is 0.326 e. The van der Waals surface area contributed by atoms with Gasteiger partial charge in [-0.3, -0.25) is 4.79 Å². The molecule has 0 radical (unpaired) electrons. The van der Waals surface area contributed by atoms with E-state index >= 15 is 0 Å². The Kier molecular flexibility index (Phi) is 4.05. The van der Waals surface area contributed by atoms with E-state index in [0.717, 1.165) is 11.2 Å². The first-order valence-electron chi connectivity index (χ1n) is 7.14. The first kappa shape index (κ1) is 14.8. The van der Waals surface area contributed by atoms with Crippen LogP contribution < -0.4 is 5.32 Å². The van der Waals surface area contributed by atoms with Crippen molar-refractivity contribution >= 4 is 17.5 Å². The quantitative estimate of drug-likeness (QED) is 0.752. The molecule has 2 heterocycles. The summed E-state index contributed by atoms with van der Waals surface area (Å²) in [4.78, 5) is 27.8. The molecule has 0 saturated heterocycles. The number of fused-ring (bicyclic) bond motifs is 1. The van der Waals surface area contributed by atoms with Gasteiger partial charge in [0.2, 0.25) is 0 Å². The molecule has 23 heavy (non-hydrogen) atoms. The van der Waals surface area contributed by atoms with Gasteiger partial charge < -0.3 is 14.8 Å². The monoisotopic (exact) mass is 309 g/mol. The van der Waals surface area contributed by atoms with Crippen LogP contribution in [0.25, 0.3) is 5.65 Å². The number of benzene rings is 1. The lowest BCUT2D eigenvalue weighted by Crippen LogP contribution is -2.42. The zero-order chi connectivity index (χ0) is 16.2. The highest BCUT2D eigenvalue weighted by Crippen LogP contribution is 2.07. The summed E-state index contributed by atoms with van der Waals surface area (Å²) >= 11 is 0. The number of carboxylic acid groups (broad SMARTS) is 1. The maximum atomic E-state index is 12.3. The van der Waals surface area contributed by atoms with Gasteiger partial charge >= 0.3 is 5.97 Å². The number of rotatable bonds is 5. The van der Waals surface area contributed by atoms with Crippen LogP contribution in [0, 0.1) is 0 Å². The number of carbonyl (C=O) groups excluding carboxylic acids is 1. The number of pyridine rings is 1. The van der Waals surface area contributed by atoms with E-state index in [0.29, 0.717) is 5.56 Å². The Balaban J connectivity index is 1.76. The molecule has 1 aromatic carbocycles. The predicted octanol–water partition coefficient (Wildman–Crippen LogP) is 1.76. The first-order chi connectivity index (χ1) is 11.1. The number of imidazole rings is 1. The third-order valence-corrected chi connectivity index (χ3v) is 3.54. The second-order valence-corrected chi connectivity index (χ2v) is 5.16. The molecule has 1 atom stereocenters. The number of aromatic nitrogens is 2. The van der Waals surface area contributed by atoms with Crippen LogP contribution >= 0.6 is 0 Å². The summed E-state index contributed by atoms with van der Waals surface area (Å²) < 4.78 is 1.71. The Morgan fingerprint density at radius 3 is 2.70 bits per heavy atom. The molecule has 2 aromatic heterocycles. The molecule has 0 spiro atoms. The van der Waals surface area contributed by atoms with Crippen LogP contribution in [0.3, 0.4) is 0 Å². The summed E-state index contributed by atoms with van der Waals surface area (Å²) in [6.07, 6.45) is 5.21. The summed E-state index contributed by atoms with van der Waals surface area (Å²) in [6, 6.07) is 11.5. The molecule has 3 aromatic rings. The Labute approximate surface area is 132 Å². The second kappa shape index (κ2) is 6.31. The zero-order valence-electron chi connectivity index (χ0n) is 12.2. The van der Waals surface area contributed by atoms with E-state index in [1.54, 1.807) is 35.1 Å². The zero-order valence-corrected chi connectivity index (χ0v) is 12.2. The third kappa shape index (κ3) is 3.37. The largest absolute Gasteiger partial charge is 0.480 e. The van der Waals surface area contributed by atoms with Crippen LogP contribution in [0.5, 0.6) is 0 Å². The van der Waals surface area contributed by atoms with E-state index < -0.39 is 17.9 Å². The second-order valence-electron chi connectivity index (χ2n) is 5.16. The van der Waals surface area contributed by atoms with E-state index in [4.69, 9.17) is 0 Å². The fourth-order valence-corrected chi connectivity index (χ4v) is 2.35. The van der Waals surface area contributed by atoms with Gasteiger partial charge in [0.15, 0.2) is 0 Å². The van der Waals surface area contributed by atoms with Crippen molar-refractivity contribution in [3.8, 4) is 0 Å². The highest BCUT2D eigenvalue weighted by Gasteiger charge is 2.21. The molecule has 116 valence electrons. The van der Waals surface area contributed by atoms with Crippen LogP contribution in [0.4, 0.5) is 0 Å². The number of aliphatic carboxylic acids is 1. The van der Waals surface area contributed by atoms with Gasteiger partial charge in [0.25, 0.3) is 5.91 Å². The molecule has 0 saturated carbocycles. The minimum atomic E-state index is -1.06. The molecule has 0 bridgehead atoms. The molecule has 6 heteroatoms. The summed E-state index contributed by atoms with van der Waals surface area (Å²) in [5.74, 6) is -1.49. The van der Waals surface area contributed by atoms with Crippen molar-refractivity contribution in [3.05, 3.63) is 72.2 Å². The average molecular weight is 309 g/mol. The maximum absolute atomic E-state index is 12.3. The van der Waals surface area contributed by atoms with E-state index in [1.165, 1.54) is 0 Å². The van der Waals surface area contributed by atoms with Crippen molar-refractivity contribution < 1.29 is 14.7 Å². The van der Waals surface area contributed by atoms with Crippen LogP contribution in [0.1, 0.15) is 15.9 Å². The molecular weight excluding hydrogens is 294 g/mol. The van der Waals surface area contributed by atoms with Gasteiger partial charge in [-0.1, -0.05) is 30.3 Å². The molecule has 0 unspecified atom stereocenters. The fourth-order valence-electron chi connectivity index (χ4n) is 2.35. The van der Waals surface area contributed by atoms with Crippen molar-refractivity contribution in [2.45, 2.75) is 12.5 Å². The molecule has 0 fully saturated rings. The van der Waals surface area contributed by atoms with Gasteiger partial charge in [-0.05, 0) is 17.7 Å². The van der Waals surface area contributed by atoms with Gasteiger partial charge in [0.05, 0.1) is 5.56 Å². The third-order valence-electron chi connectivity index (χ3n) is 3.54. The summed E-state index contributed by atoms with van der Waals surface area (Å²) in [5, 5.41) is 11.9. The number of carbonyl (C=O) groups is 2. The summed E-state index contributed by atoms with van der Waals surface area (Å²) in [7, 11) is 0. The van der Waals surface area contributed by atoms with Crippen molar-refractivity contribution in [3.63, 3.8) is 0 Å². The van der Waals surface area contributed by atoms with Crippen molar-refractivity contribution in [2.24, 2.45) is 0 Å². The number of hydrogen-bond acceptors (Lipinski definition) is 3. The number of amides is 1. The van der Waals surface area contributed by atoms with Crippen LogP contribution in [0.15, 0.2) is 61.1 Å². The minimum absolute atomic E-state index is 0.231. The van der Waals surface area contributed by atoms with Gasteiger partial charge in [0, 0.05) is 25.0 Å². The molecule has 0 aliphatic carbocycles. The fraction of sp³-hybridized carbons (Fsp3) is 0.118. The van der Waals surface area contributed by atoms with Crippen LogP contribution in [-0.2, 0) is 11.2 Å². The van der Waals surface area contributed by atoms with Crippen molar-refractivity contribution in [2.75, 3.05) is 0 Å². The highest BCUT2D eigenvalue weighted by atomic mass is 16.4. The molecule has 0 aliphatic heterocycles. The van der Waals surface area contributed by atoms with E-state index in [2.05, 4.69) is 10.3 Å². The standard InChI is InChI=1S/C17H15N3O3/c21-16(13-6-7-15-18-8-9-20(15)11-13)19-14(17(22)23)10-12-4-2-1-3-5-12/h1-9,11,14H,10H2,(H,19,21)(H,22,23)/t14-/m1/s1. The Hall–Kier alpha value is -3.15. The van der Waals surface area contributed by atoms with E-state index in [1.807, 2.05) is 30.3 Å². The van der Waals surface area contributed by atoms with Crippen LogP contribution in [0.2, 0.25) is 0 Å². The van der Waals surface area contributed by atoms with Crippen molar-refractivity contribution in [1.82, 2.24) is 14.7 Å². The van der Waals surface area contributed by atoms with E-state index in [-0.39, 0.29) is 6.42 Å². The molecule has 6 nitrogen and oxygen atoms in total. The number of nitrogens with zero attached hydrogens (tertiary/aromatic N) is 2. The summed E-state index contributed by atoms with van der Waals surface area (Å²) in [5.41, 5.74) is 1.96. The molecule has 1 amide bonds. The number of carboxylic acids is 1.